The molecule has 2 aromatic rings. The molecule has 0 spiro atoms. The average molecular weight is 324 g/mol. The van der Waals surface area contributed by atoms with Crippen LogP contribution in [0.5, 0.6) is 5.75 Å². The van der Waals surface area contributed by atoms with Crippen molar-refractivity contribution >= 4 is 21.9 Å². The van der Waals surface area contributed by atoms with Gasteiger partial charge < -0.3 is 14.4 Å². The number of ether oxygens (including phenoxy) is 1. The maximum Gasteiger partial charge on any atom is 0.352 e. The summed E-state index contributed by atoms with van der Waals surface area (Å²) in [5.41, 5.74) is 1.38. The van der Waals surface area contributed by atoms with E-state index in [-0.39, 0.29) is 5.69 Å². The van der Waals surface area contributed by atoms with Crippen molar-refractivity contribution in [2.75, 3.05) is 6.61 Å². The number of hydrogen-bond donors (Lipinski definition) is 1. The van der Waals surface area contributed by atoms with Crippen LogP contribution >= 0.6 is 15.9 Å². The van der Waals surface area contributed by atoms with Crippen LogP contribution < -0.4 is 4.74 Å². The van der Waals surface area contributed by atoms with E-state index < -0.39 is 5.97 Å². The highest BCUT2D eigenvalue weighted by atomic mass is 79.9. The lowest BCUT2D eigenvalue weighted by Gasteiger charge is -2.09. The fourth-order valence-corrected chi connectivity index (χ4v) is 2.27. The molecule has 0 bridgehead atoms. The summed E-state index contributed by atoms with van der Waals surface area (Å²) in [6.45, 7) is 2.91. The summed E-state index contributed by atoms with van der Waals surface area (Å²) in [5.74, 6) is -0.149. The lowest BCUT2D eigenvalue weighted by atomic mass is 10.2. The number of aromatic carboxylic acids is 1. The van der Waals surface area contributed by atoms with Crippen molar-refractivity contribution in [1.82, 2.24) is 4.57 Å². The van der Waals surface area contributed by atoms with Crippen LogP contribution in [0.3, 0.4) is 0 Å². The molecule has 4 nitrogen and oxygen atoms in total. The van der Waals surface area contributed by atoms with Crippen molar-refractivity contribution in [3.63, 3.8) is 0 Å². The van der Waals surface area contributed by atoms with Crippen LogP contribution in [0, 0.1) is 6.92 Å². The van der Waals surface area contributed by atoms with E-state index in [0.29, 0.717) is 13.2 Å². The minimum Gasteiger partial charge on any atom is -0.492 e. The summed E-state index contributed by atoms with van der Waals surface area (Å²) < 4.78 is 8.01. The summed E-state index contributed by atoms with van der Waals surface area (Å²) in [4.78, 5) is 11.0. The van der Waals surface area contributed by atoms with Gasteiger partial charge in [0.2, 0.25) is 0 Å². The molecule has 1 heterocycles. The molecule has 0 aliphatic rings. The summed E-state index contributed by atoms with van der Waals surface area (Å²) in [6, 6.07) is 9.34. The number of halogens is 1. The van der Waals surface area contributed by atoms with Gasteiger partial charge in [-0.1, -0.05) is 12.1 Å². The quantitative estimate of drug-likeness (QED) is 0.918. The van der Waals surface area contributed by atoms with Crippen molar-refractivity contribution in [2.45, 2.75) is 13.5 Å². The molecule has 2 rings (SSSR count). The van der Waals surface area contributed by atoms with E-state index in [2.05, 4.69) is 15.9 Å². The maximum absolute atomic E-state index is 11.0. The van der Waals surface area contributed by atoms with E-state index in [4.69, 9.17) is 9.84 Å². The number of carboxylic acids is 1. The fraction of sp³-hybridized carbons (Fsp3) is 0.214. The van der Waals surface area contributed by atoms with Crippen LogP contribution in [0.1, 0.15) is 16.1 Å². The van der Waals surface area contributed by atoms with Gasteiger partial charge in [0, 0.05) is 10.7 Å². The highest BCUT2D eigenvalue weighted by molar-refractivity contribution is 9.10. The van der Waals surface area contributed by atoms with E-state index >= 15 is 0 Å². The first kappa shape index (κ1) is 13.7. The lowest BCUT2D eigenvalue weighted by Crippen LogP contribution is -2.12. The van der Waals surface area contributed by atoms with Gasteiger partial charge in [-0.25, -0.2) is 4.79 Å². The minimum atomic E-state index is -0.943. The number of nitrogens with zero attached hydrogens (tertiary/aromatic N) is 1. The van der Waals surface area contributed by atoms with Crippen molar-refractivity contribution in [3.8, 4) is 5.75 Å². The summed E-state index contributed by atoms with van der Waals surface area (Å²) in [7, 11) is 0. The molecule has 0 fully saturated rings. The van der Waals surface area contributed by atoms with Crippen LogP contribution in [0.15, 0.2) is 41.0 Å². The van der Waals surface area contributed by atoms with Crippen molar-refractivity contribution < 1.29 is 14.6 Å². The monoisotopic (exact) mass is 323 g/mol. The van der Waals surface area contributed by atoms with Gasteiger partial charge in [-0.3, -0.25) is 0 Å². The van der Waals surface area contributed by atoms with Crippen LogP contribution in [-0.4, -0.2) is 22.2 Å². The number of carboxylic acid groups (broad SMARTS) is 1. The van der Waals surface area contributed by atoms with Gasteiger partial charge >= 0.3 is 5.97 Å². The first-order valence-electron chi connectivity index (χ1n) is 5.84. The first-order chi connectivity index (χ1) is 9.06. The smallest absolute Gasteiger partial charge is 0.352 e. The Kier molecular flexibility index (Phi) is 4.27. The van der Waals surface area contributed by atoms with E-state index in [1.54, 1.807) is 16.8 Å². The maximum atomic E-state index is 11.0. The molecule has 1 N–H and O–H groups in total. The Morgan fingerprint density at radius 1 is 1.42 bits per heavy atom. The second-order valence-corrected chi connectivity index (χ2v) is 5.12. The molecule has 0 atom stereocenters. The number of benzene rings is 1. The van der Waals surface area contributed by atoms with E-state index in [9.17, 15) is 4.79 Å². The molecule has 1 aromatic carbocycles. The number of aromatic nitrogens is 1. The number of rotatable bonds is 5. The summed E-state index contributed by atoms with van der Waals surface area (Å²) in [6.07, 6.45) is 1.74. The topological polar surface area (TPSA) is 51.5 Å². The Bertz CT molecular complexity index is 592. The van der Waals surface area contributed by atoms with Crippen molar-refractivity contribution in [2.24, 2.45) is 0 Å². The van der Waals surface area contributed by atoms with Gasteiger partial charge in [0.25, 0.3) is 0 Å². The molecule has 0 unspecified atom stereocenters. The molecule has 0 aliphatic carbocycles. The molecule has 1 aromatic heterocycles. The SMILES string of the molecule is Cc1cccc(OCCn2cc(Br)cc2C(=O)O)c1. The number of hydrogen-bond acceptors (Lipinski definition) is 2. The molecule has 0 radical (unpaired) electrons. The average Bonchev–Trinajstić information content (AvgIpc) is 2.71. The third kappa shape index (κ3) is 3.61. The highest BCUT2D eigenvalue weighted by Gasteiger charge is 2.11. The normalized spacial score (nSPS) is 10.4. The molecule has 5 heteroatoms. The van der Waals surface area contributed by atoms with Gasteiger partial charge in [0.15, 0.2) is 0 Å². The third-order valence-electron chi connectivity index (χ3n) is 2.67. The van der Waals surface area contributed by atoms with Crippen molar-refractivity contribution in [3.05, 3.63) is 52.3 Å². The Morgan fingerprint density at radius 2 is 2.21 bits per heavy atom. The predicted octanol–water partition coefficient (Wildman–Crippen LogP) is 3.34. The highest BCUT2D eigenvalue weighted by Crippen LogP contribution is 2.16. The molecule has 0 saturated heterocycles. The van der Waals surface area contributed by atoms with E-state index in [0.717, 1.165) is 15.8 Å². The van der Waals surface area contributed by atoms with Gasteiger partial charge in [-0.05, 0) is 46.6 Å². The summed E-state index contributed by atoms with van der Waals surface area (Å²) >= 11 is 3.27. The Labute approximate surface area is 119 Å². The van der Waals surface area contributed by atoms with Gasteiger partial charge in [0.1, 0.15) is 18.1 Å². The minimum absolute atomic E-state index is 0.250. The molecule has 0 saturated carbocycles. The fourth-order valence-electron chi connectivity index (χ4n) is 1.81. The van der Waals surface area contributed by atoms with Crippen molar-refractivity contribution in [1.29, 1.82) is 0 Å². The second-order valence-electron chi connectivity index (χ2n) is 4.21. The molecule has 0 amide bonds. The third-order valence-corrected chi connectivity index (χ3v) is 3.11. The zero-order chi connectivity index (χ0) is 13.8. The number of carbonyl (C=O) groups is 1. The van der Waals surface area contributed by atoms with E-state index in [1.807, 2.05) is 31.2 Å². The van der Waals surface area contributed by atoms with E-state index in [1.165, 1.54) is 0 Å². The molecular weight excluding hydrogens is 310 g/mol. The molecular formula is C14H14BrNO3. The standard InChI is InChI=1S/C14H14BrNO3/c1-10-3-2-4-12(7-10)19-6-5-16-9-11(15)8-13(16)14(17)18/h2-4,7-9H,5-6H2,1H3,(H,17,18). The van der Waals surface area contributed by atoms with Crippen LogP contribution in [0.25, 0.3) is 0 Å². The zero-order valence-corrected chi connectivity index (χ0v) is 12.1. The van der Waals surface area contributed by atoms with Gasteiger partial charge in [-0.2, -0.15) is 0 Å². The van der Waals surface area contributed by atoms with Crippen LogP contribution in [-0.2, 0) is 6.54 Å². The Morgan fingerprint density at radius 3 is 2.89 bits per heavy atom. The Balaban J connectivity index is 1.98. The van der Waals surface area contributed by atoms with Crippen LogP contribution in [0.4, 0.5) is 0 Å². The largest absolute Gasteiger partial charge is 0.492 e. The molecule has 19 heavy (non-hydrogen) atoms. The Hall–Kier alpha value is -1.75. The van der Waals surface area contributed by atoms with Gasteiger partial charge in [0.05, 0.1) is 6.54 Å². The first-order valence-corrected chi connectivity index (χ1v) is 6.64. The molecule has 100 valence electrons. The number of aryl methyl sites for hydroxylation is 1. The van der Waals surface area contributed by atoms with Crippen LogP contribution in [0.2, 0.25) is 0 Å². The summed E-state index contributed by atoms with van der Waals surface area (Å²) in [5, 5.41) is 9.05. The molecule has 0 aliphatic heterocycles. The lowest BCUT2D eigenvalue weighted by molar-refractivity contribution is 0.0684. The predicted molar refractivity (Wildman–Crippen MR) is 75.8 cm³/mol. The second kappa shape index (κ2) is 5.93. The van der Waals surface area contributed by atoms with Gasteiger partial charge in [-0.15, -0.1) is 0 Å². The zero-order valence-electron chi connectivity index (χ0n) is 10.5.